The number of nitrogens with zero attached hydrogens (tertiary/aromatic N) is 6. The number of hydrogen-bond donors (Lipinski definition) is 2. The number of primary amides is 1. The van der Waals surface area contributed by atoms with Gasteiger partial charge in [-0.2, -0.15) is 13.2 Å². The summed E-state index contributed by atoms with van der Waals surface area (Å²) in [5.74, 6) is -0.575. The van der Waals surface area contributed by atoms with Gasteiger partial charge in [-0.15, -0.1) is 15.0 Å². The molecule has 14 heteroatoms. The van der Waals surface area contributed by atoms with E-state index < -0.39 is 17.8 Å². The molecule has 3 aromatic heterocycles. The zero-order chi connectivity index (χ0) is 23.9. The monoisotopic (exact) mass is 496 g/mol. The van der Waals surface area contributed by atoms with E-state index in [1.165, 1.54) is 29.9 Å². The standard InChI is InChI=1S/C19H13Cl2F3N8O/c1-31-8-12(19(22,23)24)27-18(31)9-5-6-13(26-7-9)28-17-14(16(25)33)29-32(30-17)15-10(20)3-2-4-11(15)21/h2-8H,1H3,(H2,25,33)(H,26,28,30). The zero-order valence-corrected chi connectivity index (χ0v) is 18.1. The van der Waals surface area contributed by atoms with E-state index in [1.54, 1.807) is 18.2 Å². The second-order valence-corrected chi connectivity index (χ2v) is 7.55. The van der Waals surface area contributed by atoms with Crippen molar-refractivity contribution in [1.82, 2.24) is 29.5 Å². The lowest BCUT2D eigenvalue weighted by molar-refractivity contribution is -0.140. The Morgan fingerprint density at radius 2 is 1.82 bits per heavy atom. The van der Waals surface area contributed by atoms with Crippen LogP contribution in [0.1, 0.15) is 16.2 Å². The van der Waals surface area contributed by atoms with Crippen molar-refractivity contribution in [2.75, 3.05) is 5.32 Å². The van der Waals surface area contributed by atoms with Crippen LogP contribution in [0.5, 0.6) is 0 Å². The summed E-state index contributed by atoms with van der Waals surface area (Å²) < 4.78 is 40.0. The lowest BCUT2D eigenvalue weighted by atomic mass is 10.2. The normalized spacial score (nSPS) is 11.6. The number of nitrogens with one attached hydrogen (secondary N) is 1. The van der Waals surface area contributed by atoms with Gasteiger partial charge in [0.1, 0.15) is 17.3 Å². The van der Waals surface area contributed by atoms with Crippen LogP contribution in [0.4, 0.5) is 24.8 Å². The predicted molar refractivity (Wildman–Crippen MR) is 115 cm³/mol. The number of aryl methyl sites for hydroxylation is 1. The van der Waals surface area contributed by atoms with Gasteiger partial charge in [-0.3, -0.25) is 4.79 Å². The predicted octanol–water partition coefficient (Wildman–Crippen LogP) is 4.23. The van der Waals surface area contributed by atoms with Crippen LogP contribution in [0, 0.1) is 0 Å². The smallest absolute Gasteiger partial charge is 0.364 e. The molecule has 9 nitrogen and oxygen atoms in total. The molecule has 1 aromatic carbocycles. The summed E-state index contributed by atoms with van der Waals surface area (Å²) in [4.78, 5) is 20.7. The number of hydrogen-bond acceptors (Lipinski definition) is 6. The maximum absolute atomic E-state index is 12.9. The highest BCUT2D eigenvalue weighted by molar-refractivity contribution is 6.37. The number of alkyl halides is 3. The van der Waals surface area contributed by atoms with Crippen molar-refractivity contribution in [3.63, 3.8) is 0 Å². The average molecular weight is 497 g/mol. The first-order valence-corrected chi connectivity index (χ1v) is 9.85. The Balaban J connectivity index is 1.64. The van der Waals surface area contributed by atoms with Crippen LogP contribution in [-0.4, -0.2) is 35.4 Å². The van der Waals surface area contributed by atoms with Crippen molar-refractivity contribution in [2.24, 2.45) is 12.8 Å². The zero-order valence-electron chi connectivity index (χ0n) is 16.6. The van der Waals surface area contributed by atoms with E-state index >= 15 is 0 Å². The van der Waals surface area contributed by atoms with Gasteiger partial charge in [-0.05, 0) is 24.3 Å². The van der Waals surface area contributed by atoms with Gasteiger partial charge < -0.3 is 15.6 Å². The number of aromatic nitrogens is 6. The van der Waals surface area contributed by atoms with E-state index in [4.69, 9.17) is 28.9 Å². The SMILES string of the molecule is Cn1cc(C(F)(F)F)nc1-c1ccc(Nc2nn(-c3c(Cl)cccc3Cl)nc2C(N)=O)nc1. The van der Waals surface area contributed by atoms with Gasteiger partial charge in [0.05, 0.1) is 10.0 Å². The van der Waals surface area contributed by atoms with Crippen molar-refractivity contribution < 1.29 is 18.0 Å². The highest BCUT2D eigenvalue weighted by Crippen LogP contribution is 2.31. The van der Waals surface area contributed by atoms with E-state index in [2.05, 4.69) is 25.5 Å². The first-order valence-electron chi connectivity index (χ1n) is 9.10. The second-order valence-electron chi connectivity index (χ2n) is 6.74. The summed E-state index contributed by atoms with van der Waals surface area (Å²) >= 11 is 12.3. The third kappa shape index (κ3) is 4.47. The Labute approximate surface area is 194 Å². The maximum atomic E-state index is 12.9. The molecule has 0 fully saturated rings. The van der Waals surface area contributed by atoms with Gasteiger partial charge in [-0.25, -0.2) is 9.97 Å². The molecule has 4 rings (SSSR count). The van der Waals surface area contributed by atoms with Crippen LogP contribution in [0.2, 0.25) is 10.0 Å². The lowest BCUT2D eigenvalue weighted by Crippen LogP contribution is -2.14. The van der Waals surface area contributed by atoms with Crippen molar-refractivity contribution in [3.8, 4) is 17.1 Å². The first kappa shape index (κ1) is 22.6. The number of pyridine rings is 1. The fraction of sp³-hybridized carbons (Fsp3) is 0.105. The molecule has 0 aliphatic carbocycles. The van der Waals surface area contributed by atoms with Crippen LogP contribution < -0.4 is 11.1 Å². The topological polar surface area (TPSA) is 117 Å². The summed E-state index contributed by atoms with van der Waals surface area (Å²) in [6, 6.07) is 7.77. The van der Waals surface area contributed by atoms with Crippen LogP contribution in [0.3, 0.4) is 0 Å². The minimum Gasteiger partial charge on any atom is -0.364 e. The number of anilines is 2. The van der Waals surface area contributed by atoms with Gasteiger partial charge in [0, 0.05) is 25.0 Å². The number of rotatable bonds is 5. The molecule has 0 aliphatic heterocycles. The molecular formula is C19H13Cl2F3N8O. The van der Waals surface area contributed by atoms with E-state index in [-0.39, 0.29) is 38.9 Å². The van der Waals surface area contributed by atoms with E-state index in [1.807, 2.05) is 0 Å². The Hall–Kier alpha value is -3.64. The number of benzene rings is 1. The Kier molecular flexibility index (Phi) is 5.72. The van der Waals surface area contributed by atoms with Crippen LogP contribution in [0.25, 0.3) is 17.1 Å². The molecule has 0 saturated carbocycles. The number of carbonyl (C=O) groups is 1. The third-order valence-electron chi connectivity index (χ3n) is 4.42. The average Bonchev–Trinajstić information content (AvgIpc) is 3.32. The Morgan fingerprint density at radius 1 is 1.12 bits per heavy atom. The van der Waals surface area contributed by atoms with E-state index in [0.717, 1.165) is 11.0 Å². The molecule has 0 saturated heterocycles. The molecule has 0 aliphatic rings. The number of amides is 1. The summed E-state index contributed by atoms with van der Waals surface area (Å²) in [5.41, 5.74) is 4.79. The Morgan fingerprint density at radius 3 is 2.36 bits per heavy atom. The van der Waals surface area contributed by atoms with Gasteiger partial charge >= 0.3 is 6.18 Å². The summed E-state index contributed by atoms with van der Waals surface area (Å²) in [7, 11) is 1.45. The van der Waals surface area contributed by atoms with Gasteiger partial charge in [0.2, 0.25) is 0 Å². The van der Waals surface area contributed by atoms with Gasteiger partial charge in [0.15, 0.2) is 17.2 Å². The van der Waals surface area contributed by atoms with Crippen molar-refractivity contribution in [3.05, 3.63) is 64.2 Å². The maximum Gasteiger partial charge on any atom is 0.434 e. The molecule has 1 amide bonds. The molecule has 4 aromatic rings. The van der Waals surface area contributed by atoms with Crippen LogP contribution in [0.15, 0.2) is 42.7 Å². The summed E-state index contributed by atoms with van der Waals surface area (Å²) in [6.07, 6.45) is -2.35. The molecule has 0 unspecified atom stereocenters. The number of carbonyl (C=O) groups excluding carboxylic acids is 1. The summed E-state index contributed by atoms with van der Waals surface area (Å²) in [6.45, 7) is 0. The fourth-order valence-corrected chi connectivity index (χ4v) is 3.48. The molecule has 3 N–H and O–H groups in total. The lowest BCUT2D eigenvalue weighted by Gasteiger charge is -2.06. The number of imidazole rings is 1. The minimum atomic E-state index is -4.56. The molecular weight excluding hydrogens is 484 g/mol. The highest BCUT2D eigenvalue weighted by atomic mass is 35.5. The number of para-hydroxylation sites is 1. The first-order chi connectivity index (χ1) is 15.5. The quantitative estimate of drug-likeness (QED) is 0.427. The van der Waals surface area contributed by atoms with Crippen molar-refractivity contribution >= 4 is 40.7 Å². The second kappa shape index (κ2) is 8.37. The van der Waals surface area contributed by atoms with Crippen LogP contribution in [-0.2, 0) is 13.2 Å². The van der Waals surface area contributed by atoms with Crippen molar-refractivity contribution in [1.29, 1.82) is 0 Å². The third-order valence-corrected chi connectivity index (χ3v) is 5.03. The summed E-state index contributed by atoms with van der Waals surface area (Å²) in [5, 5.41) is 11.5. The number of halogens is 5. The van der Waals surface area contributed by atoms with Crippen molar-refractivity contribution in [2.45, 2.75) is 6.18 Å². The van der Waals surface area contributed by atoms with Crippen LogP contribution >= 0.6 is 23.2 Å². The molecule has 0 atom stereocenters. The highest BCUT2D eigenvalue weighted by Gasteiger charge is 2.34. The Bertz CT molecular complexity index is 1330. The largest absolute Gasteiger partial charge is 0.434 e. The molecule has 33 heavy (non-hydrogen) atoms. The molecule has 0 bridgehead atoms. The molecule has 0 spiro atoms. The minimum absolute atomic E-state index is 0.0184. The van der Waals surface area contributed by atoms with Gasteiger partial charge in [-0.1, -0.05) is 29.3 Å². The fourth-order valence-electron chi connectivity index (χ4n) is 2.93. The number of nitrogens with two attached hydrogens (primary N) is 1. The molecule has 3 heterocycles. The molecule has 170 valence electrons. The van der Waals surface area contributed by atoms with E-state index in [9.17, 15) is 18.0 Å². The van der Waals surface area contributed by atoms with E-state index in [0.29, 0.717) is 5.56 Å². The van der Waals surface area contributed by atoms with Gasteiger partial charge in [0.25, 0.3) is 5.91 Å². The molecule has 0 radical (unpaired) electrons.